The highest BCUT2D eigenvalue weighted by Crippen LogP contribution is 2.17. The Morgan fingerprint density at radius 3 is 2.59 bits per heavy atom. The first-order valence-corrected chi connectivity index (χ1v) is 7.25. The molecule has 0 saturated carbocycles. The van der Waals surface area contributed by atoms with Crippen LogP contribution in [-0.4, -0.2) is 64.5 Å². The molecule has 0 aliphatic carbocycles. The molecular formula is C13H20F3N5O. The molecule has 124 valence electrons. The summed E-state index contributed by atoms with van der Waals surface area (Å²) in [4.78, 5) is 14.9. The zero-order valence-electron chi connectivity index (χ0n) is 12.4. The van der Waals surface area contributed by atoms with Gasteiger partial charge in [-0.1, -0.05) is 6.92 Å². The minimum absolute atomic E-state index is 0.224. The number of amides is 2. The average Bonchev–Trinajstić information content (AvgIpc) is 2.85. The van der Waals surface area contributed by atoms with Gasteiger partial charge in [0.1, 0.15) is 0 Å². The van der Waals surface area contributed by atoms with E-state index in [1.54, 1.807) is 17.1 Å². The molecule has 0 aromatic carbocycles. The van der Waals surface area contributed by atoms with Crippen LogP contribution in [0.25, 0.3) is 0 Å². The molecule has 1 aliphatic rings. The summed E-state index contributed by atoms with van der Waals surface area (Å²) in [5.41, 5.74) is 0.594. The van der Waals surface area contributed by atoms with Gasteiger partial charge < -0.3 is 10.2 Å². The molecule has 9 heteroatoms. The van der Waals surface area contributed by atoms with Crippen molar-refractivity contribution >= 4 is 11.7 Å². The van der Waals surface area contributed by atoms with Gasteiger partial charge in [-0.2, -0.15) is 18.3 Å². The molecule has 2 heterocycles. The van der Waals surface area contributed by atoms with Crippen molar-refractivity contribution in [2.45, 2.75) is 26.1 Å². The Labute approximate surface area is 126 Å². The maximum Gasteiger partial charge on any atom is 0.401 e. The van der Waals surface area contributed by atoms with Crippen LogP contribution in [0.15, 0.2) is 12.4 Å². The number of anilines is 1. The van der Waals surface area contributed by atoms with Gasteiger partial charge in [-0.05, 0) is 6.42 Å². The maximum absolute atomic E-state index is 12.3. The fourth-order valence-electron chi connectivity index (χ4n) is 2.34. The third-order valence-corrected chi connectivity index (χ3v) is 3.40. The van der Waals surface area contributed by atoms with Crippen LogP contribution >= 0.6 is 0 Å². The van der Waals surface area contributed by atoms with Gasteiger partial charge in [0, 0.05) is 38.9 Å². The van der Waals surface area contributed by atoms with E-state index in [0.717, 1.165) is 13.0 Å². The van der Waals surface area contributed by atoms with E-state index in [1.807, 2.05) is 6.92 Å². The van der Waals surface area contributed by atoms with Crippen molar-refractivity contribution in [3.05, 3.63) is 12.4 Å². The molecule has 22 heavy (non-hydrogen) atoms. The van der Waals surface area contributed by atoms with Crippen LogP contribution in [0.1, 0.15) is 13.3 Å². The Bertz CT molecular complexity index is 494. The van der Waals surface area contributed by atoms with E-state index in [2.05, 4.69) is 10.4 Å². The number of halogens is 3. The number of hydrogen-bond acceptors (Lipinski definition) is 3. The Kier molecular flexibility index (Phi) is 5.28. The van der Waals surface area contributed by atoms with Crippen molar-refractivity contribution in [3.8, 4) is 0 Å². The number of alkyl halides is 3. The Hall–Kier alpha value is -1.77. The highest BCUT2D eigenvalue weighted by atomic mass is 19.4. The van der Waals surface area contributed by atoms with E-state index < -0.39 is 12.7 Å². The monoisotopic (exact) mass is 319 g/mol. The van der Waals surface area contributed by atoms with Crippen molar-refractivity contribution in [1.82, 2.24) is 19.6 Å². The molecule has 1 aliphatic heterocycles. The summed E-state index contributed by atoms with van der Waals surface area (Å²) in [5, 5.41) is 6.82. The van der Waals surface area contributed by atoms with Gasteiger partial charge in [-0.3, -0.25) is 9.58 Å². The molecule has 2 amide bonds. The second-order valence-corrected chi connectivity index (χ2v) is 5.30. The third kappa shape index (κ3) is 4.90. The molecule has 0 unspecified atom stereocenters. The fraction of sp³-hybridized carbons (Fsp3) is 0.692. The molecular weight excluding hydrogens is 299 g/mol. The second kappa shape index (κ2) is 6.99. The van der Waals surface area contributed by atoms with Crippen LogP contribution in [0.5, 0.6) is 0 Å². The molecule has 0 radical (unpaired) electrons. The number of nitrogens with one attached hydrogen (secondary N) is 1. The SMILES string of the molecule is CCCn1cc(NC(=O)N2CCN(CC(F)(F)F)CC2)cn1. The Balaban J connectivity index is 1.79. The van der Waals surface area contributed by atoms with Crippen LogP contribution in [0.2, 0.25) is 0 Å². The number of nitrogens with zero attached hydrogens (tertiary/aromatic N) is 4. The number of hydrogen-bond donors (Lipinski definition) is 1. The van der Waals surface area contributed by atoms with Crippen LogP contribution < -0.4 is 5.32 Å². The predicted octanol–water partition coefficient (Wildman–Crippen LogP) is 2.00. The Morgan fingerprint density at radius 2 is 2.00 bits per heavy atom. The highest BCUT2D eigenvalue weighted by molar-refractivity contribution is 5.89. The van der Waals surface area contributed by atoms with E-state index in [9.17, 15) is 18.0 Å². The van der Waals surface area contributed by atoms with Crippen molar-refractivity contribution in [3.63, 3.8) is 0 Å². The number of rotatable bonds is 4. The molecule has 0 spiro atoms. The zero-order chi connectivity index (χ0) is 16.2. The summed E-state index contributed by atoms with van der Waals surface area (Å²) in [6, 6.07) is -0.303. The van der Waals surface area contributed by atoms with Crippen molar-refractivity contribution in [1.29, 1.82) is 0 Å². The fourth-order valence-corrected chi connectivity index (χ4v) is 2.34. The van der Waals surface area contributed by atoms with Crippen molar-refractivity contribution in [2.75, 3.05) is 38.0 Å². The molecule has 6 nitrogen and oxygen atoms in total. The topological polar surface area (TPSA) is 53.4 Å². The second-order valence-electron chi connectivity index (χ2n) is 5.30. The van der Waals surface area contributed by atoms with E-state index in [-0.39, 0.29) is 32.2 Å². The predicted molar refractivity (Wildman–Crippen MR) is 75.6 cm³/mol. The van der Waals surface area contributed by atoms with Gasteiger partial charge in [0.25, 0.3) is 0 Å². The molecule has 1 aromatic rings. The van der Waals surface area contributed by atoms with Crippen LogP contribution in [0, 0.1) is 0 Å². The molecule has 1 fully saturated rings. The molecule has 1 aromatic heterocycles. The van der Waals surface area contributed by atoms with E-state index in [1.165, 1.54) is 9.80 Å². The maximum atomic E-state index is 12.3. The number of aryl methyl sites for hydroxylation is 1. The number of carbonyl (C=O) groups is 1. The first-order valence-electron chi connectivity index (χ1n) is 7.25. The minimum Gasteiger partial charge on any atom is -0.322 e. The van der Waals surface area contributed by atoms with Gasteiger partial charge in [0.05, 0.1) is 18.4 Å². The van der Waals surface area contributed by atoms with Gasteiger partial charge in [-0.25, -0.2) is 4.79 Å². The first kappa shape index (κ1) is 16.6. The average molecular weight is 319 g/mol. The summed E-state index contributed by atoms with van der Waals surface area (Å²) in [7, 11) is 0. The Morgan fingerprint density at radius 1 is 1.32 bits per heavy atom. The molecule has 1 N–H and O–H groups in total. The van der Waals surface area contributed by atoms with Gasteiger partial charge in [0.2, 0.25) is 0 Å². The number of aromatic nitrogens is 2. The summed E-state index contributed by atoms with van der Waals surface area (Å²) in [6.45, 7) is 2.89. The standard InChI is InChI=1S/C13H20F3N5O/c1-2-3-21-9-11(8-17-21)18-12(22)20-6-4-19(5-7-20)10-13(14,15)16/h8-9H,2-7,10H2,1H3,(H,18,22). The van der Waals surface area contributed by atoms with E-state index in [4.69, 9.17) is 0 Å². The summed E-state index contributed by atoms with van der Waals surface area (Å²) in [6.07, 6.45) is 0.0449. The molecule has 1 saturated heterocycles. The summed E-state index contributed by atoms with van der Waals surface area (Å²) in [5.74, 6) is 0. The highest BCUT2D eigenvalue weighted by Gasteiger charge is 2.32. The van der Waals surface area contributed by atoms with Gasteiger partial charge >= 0.3 is 12.2 Å². The first-order chi connectivity index (χ1) is 10.4. The normalized spacial score (nSPS) is 16.8. The van der Waals surface area contributed by atoms with Crippen molar-refractivity contribution < 1.29 is 18.0 Å². The number of carbonyl (C=O) groups excluding carboxylic acids is 1. The third-order valence-electron chi connectivity index (χ3n) is 3.40. The lowest BCUT2D eigenvalue weighted by atomic mass is 10.3. The largest absolute Gasteiger partial charge is 0.401 e. The molecule has 0 bridgehead atoms. The van der Waals surface area contributed by atoms with Gasteiger partial charge in [-0.15, -0.1) is 0 Å². The molecule has 2 rings (SSSR count). The number of urea groups is 1. The number of piperazine rings is 1. The lowest BCUT2D eigenvalue weighted by molar-refractivity contribution is -0.148. The molecule has 0 atom stereocenters. The van der Waals surface area contributed by atoms with E-state index >= 15 is 0 Å². The quantitative estimate of drug-likeness (QED) is 0.923. The smallest absolute Gasteiger partial charge is 0.322 e. The van der Waals surface area contributed by atoms with Crippen LogP contribution in [-0.2, 0) is 6.54 Å². The summed E-state index contributed by atoms with van der Waals surface area (Å²) >= 11 is 0. The van der Waals surface area contributed by atoms with Crippen LogP contribution in [0.4, 0.5) is 23.7 Å². The van der Waals surface area contributed by atoms with E-state index in [0.29, 0.717) is 5.69 Å². The zero-order valence-corrected chi connectivity index (χ0v) is 12.4. The minimum atomic E-state index is -4.20. The van der Waals surface area contributed by atoms with Gasteiger partial charge in [0.15, 0.2) is 0 Å². The summed E-state index contributed by atoms with van der Waals surface area (Å²) < 4.78 is 38.6. The lowest BCUT2D eigenvalue weighted by Crippen LogP contribution is -2.51. The lowest BCUT2D eigenvalue weighted by Gasteiger charge is -2.34. The van der Waals surface area contributed by atoms with Crippen LogP contribution in [0.3, 0.4) is 0 Å². The van der Waals surface area contributed by atoms with Crippen molar-refractivity contribution in [2.24, 2.45) is 0 Å².